The third kappa shape index (κ3) is 2.16. The number of alkyl halides is 3. The van der Waals surface area contributed by atoms with Crippen LogP contribution in [-0.2, 0) is 6.18 Å². The Bertz CT molecular complexity index is 850. The lowest BCUT2D eigenvalue weighted by molar-refractivity contribution is -0.138. The molecule has 0 bridgehead atoms. The lowest BCUT2D eigenvalue weighted by Gasteiger charge is -2.04. The number of benzene rings is 1. The average molecular weight is 307 g/mol. The van der Waals surface area contributed by atoms with E-state index in [4.69, 9.17) is 0 Å². The third-order valence-electron chi connectivity index (χ3n) is 3.32. The molecule has 0 fully saturated rings. The van der Waals surface area contributed by atoms with Gasteiger partial charge in [-0.3, -0.25) is 4.79 Å². The molecule has 3 aromatic rings. The van der Waals surface area contributed by atoms with Crippen molar-refractivity contribution in [3.63, 3.8) is 0 Å². The van der Waals surface area contributed by atoms with Gasteiger partial charge in [-0.25, -0.2) is 4.39 Å². The van der Waals surface area contributed by atoms with Crippen LogP contribution >= 0.6 is 0 Å². The molecule has 0 N–H and O–H groups in total. The highest BCUT2D eigenvalue weighted by Crippen LogP contribution is 2.37. The average Bonchev–Trinajstić information content (AvgIpc) is 2.79. The van der Waals surface area contributed by atoms with Gasteiger partial charge in [-0.2, -0.15) is 13.2 Å². The minimum Gasteiger partial charge on any atom is -0.311 e. The van der Waals surface area contributed by atoms with E-state index < -0.39 is 29.0 Å². The maximum atomic E-state index is 14.4. The van der Waals surface area contributed by atoms with Crippen LogP contribution in [0.4, 0.5) is 17.6 Å². The molecule has 2 nitrogen and oxygen atoms in total. The lowest BCUT2D eigenvalue weighted by Crippen LogP contribution is -2.09. The highest BCUT2D eigenvalue weighted by atomic mass is 19.4. The van der Waals surface area contributed by atoms with Crippen LogP contribution in [0.25, 0.3) is 5.52 Å². The quantitative estimate of drug-likeness (QED) is 0.510. The normalized spacial score (nSPS) is 11.8. The van der Waals surface area contributed by atoms with Crippen LogP contribution in [0.1, 0.15) is 21.6 Å². The summed E-state index contributed by atoms with van der Waals surface area (Å²) in [5, 5.41) is 0. The Morgan fingerprint density at radius 3 is 2.23 bits per heavy atom. The Balaban J connectivity index is 2.32. The first kappa shape index (κ1) is 14.3. The molecule has 0 saturated heterocycles. The van der Waals surface area contributed by atoms with Gasteiger partial charge in [-0.1, -0.05) is 36.4 Å². The molecule has 0 atom stereocenters. The van der Waals surface area contributed by atoms with Crippen molar-refractivity contribution in [2.75, 3.05) is 0 Å². The van der Waals surface area contributed by atoms with Gasteiger partial charge in [0.05, 0.1) is 5.52 Å². The number of nitrogens with zero attached hydrogens (tertiary/aromatic N) is 1. The highest BCUT2D eigenvalue weighted by molar-refractivity contribution is 6.09. The van der Waals surface area contributed by atoms with Gasteiger partial charge in [0.25, 0.3) is 0 Å². The number of hydrogen-bond donors (Lipinski definition) is 0. The van der Waals surface area contributed by atoms with Gasteiger partial charge in [0, 0.05) is 11.8 Å². The molecule has 0 spiro atoms. The molecule has 0 saturated carbocycles. The SMILES string of the molecule is O=C(c1ccccc1)c1c(F)c(C(F)(F)F)c2ccccn12. The van der Waals surface area contributed by atoms with Crippen molar-refractivity contribution in [3.8, 4) is 0 Å². The molecule has 2 heterocycles. The van der Waals surface area contributed by atoms with E-state index in [1.165, 1.54) is 30.5 Å². The second-order valence-corrected chi connectivity index (χ2v) is 4.69. The first-order valence-corrected chi connectivity index (χ1v) is 6.36. The maximum absolute atomic E-state index is 14.4. The van der Waals surface area contributed by atoms with Crippen LogP contribution in [-0.4, -0.2) is 10.2 Å². The Morgan fingerprint density at radius 1 is 0.955 bits per heavy atom. The lowest BCUT2D eigenvalue weighted by atomic mass is 10.1. The summed E-state index contributed by atoms with van der Waals surface area (Å²) in [6.45, 7) is 0. The van der Waals surface area contributed by atoms with E-state index in [0.29, 0.717) is 0 Å². The fourth-order valence-electron chi connectivity index (χ4n) is 2.38. The molecule has 0 aliphatic rings. The highest BCUT2D eigenvalue weighted by Gasteiger charge is 2.40. The van der Waals surface area contributed by atoms with E-state index >= 15 is 0 Å². The van der Waals surface area contributed by atoms with Crippen molar-refractivity contribution >= 4 is 11.3 Å². The van der Waals surface area contributed by atoms with E-state index in [9.17, 15) is 22.4 Å². The Labute approximate surface area is 122 Å². The van der Waals surface area contributed by atoms with Crippen LogP contribution in [0.3, 0.4) is 0 Å². The molecule has 0 aliphatic carbocycles. The number of fused-ring (bicyclic) bond motifs is 1. The van der Waals surface area contributed by atoms with Crippen LogP contribution in [0, 0.1) is 5.82 Å². The summed E-state index contributed by atoms with van der Waals surface area (Å²) in [4.78, 5) is 12.4. The van der Waals surface area contributed by atoms with E-state index in [-0.39, 0.29) is 11.1 Å². The number of carbonyl (C=O) groups excluding carboxylic acids is 1. The van der Waals surface area contributed by atoms with E-state index in [2.05, 4.69) is 0 Å². The Morgan fingerprint density at radius 2 is 1.59 bits per heavy atom. The van der Waals surface area contributed by atoms with Gasteiger partial charge < -0.3 is 4.40 Å². The zero-order chi connectivity index (χ0) is 15.9. The predicted octanol–water partition coefficient (Wildman–Crippen LogP) is 4.33. The van der Waals surface area contributed by atoms with Crippen LogP contribution in [0.2, 0.25) is 0 Å². The zero-order valence-electron chi connectivity index (χ0n) is 11.1. The number of aromatic nitrogens is 1. The van der Waals surface area contributed by atoms with E-state index in [1.54, 1.807) is 18.2 Å². The molecular weight excluding hydrogens is 298 g/mol. The summed E-state index contributed by atoms with van der Waals surface area (Å²) >= 11 is 0. The molecule has 6 heteroatoms. The van der Waals surface area contributed by atoms with Gasteiger partial charge in [-0.15, -0.1) is 0 Å². The Kier molecular flexibility index (Phi) is 3.24. The minimum atomic E-state index is -4.88. The molecule has 0 aliphatic heterocycles. The molecule has 3 rings (SSSR count). The van der Waals surface area contributed by atoms with Gasteiger partial charge in [0.1, 0.15) is 11.3 Å². The van der Waals surface area contributed by atoms with Crippen molar-refractivity contribution in [2.45, 2.75) is 6.18 Å². The molecule has 112 valence electrons. The zero-order valence-corrected chi connectivity index (χ0v) is 11.1. The van der Waals surface area contributed by atoms with Crippen molar-refractivity contribution in [1.82, 2.24) is 4.40 Å². The fourth-order valence-corrected chi connectivity index (χ4v) is 2.38. The first-order chi connectivity index (χ1) is 10.4. The number of halogens is 4. The van der Waals surface area contributed by atoms with Gasteiger partial charge in [-0.05, 0) is 12.1 Å². The monoisotopic (exact) mass is 307 g/mol. The molecular formula is C16H9F4NO. The summed E-state index contributed by atoms with van der Waals surface area (Å²) in [5.41, 5.74) is -2.30. The van der Waals surface area contributed by atoms with Gasteiger partial charge >= 0.3 is 6.18 Å². The van der Waals surface area contributed by atoms with Gasteiger partial charge in [0.2, 0.25) is 5.78 Å². The summed E-state index contributed by atoms with van der Waals surface area (Å²) in [6.07, 6.45) is -3.64. The predicted molar refractivity (Wildman–Crippen MR) is 72.2 cm³/mol. The van der Waals surface area contributed by atoms with E-state index in [1.807, 2.05) is 0 Å². The minimum absolute atomic E-state index is 0.123. The second-order valence-electron chi connectivity index (χ2n) is 4.69. The number of rotatable bonds is 2. The van der Waals surface area contributed by atoms with E-state index in [0.717, 1.165) is 10.5 Å². The Hall–Kier alpha value is -2.63. The first-order valence-electron chi connectivity index (χ1n) is 6.36. The number of hydrogen-bond acceptors (Lipinski definition) is 1. The van der Waals surface area contributed by atoms with Crippen LogP contribution < -0.4 is 0 Å². The molecule has 0 amide bonds. The third-order valence-corrected chi connectivity index (χ3v) is 3.32. The summed E-state index contributed by atoms with van der Waals surface area (Å²) in [5.74, 6) is -2.35. The maximum Gasteiger partial charge on any atom is 0.421 e. The number of carbonyl (C=O) groups is 1. The molecule has 2 aromatic heterocycles. The molecule has 0 radical (unpaired) electrons. The smallest absolute Gasteiger partial charge is 0.311 e. The van der Waals surface area contributed by atoms with Crippen LogP contribution in [0.15, 0.2) is 54.7 Å². The second kappa shape index (κ2) is 4.98. The summed E-state index contributed by atoms with van der Waals surface area (Å²) in [6, 6.07) is 11.6. The van der Waals surface area contributed by atoms with Crippen molar-refractivity contribution in [2.24, 2.45) is 0 Å². The molecule has 22 heavy (non-hydrogen) atoms. The standard InChI is InChI=1S/C16H9F4NO/c17-13-12(16(18,19)20)11-8-4-5-9-21(11)14(13)15(22)10-6-2-1-3-7-10/h1-9H. The van der Waals surface area contributed by atoms with Crippen molar-refractivity contribution < 1.29 is 22.4 Å². The van der Waals surface area contributed by atoms with Crippen molar-refractivity contribution in [3.05, 3.63) is 77.4 Å². The number of pyridine rings is 1. The van der Waals surface area contributed by atoms with Crippen molar-refractivity contribution in [1.29, 1.82) is 0 Å². The summed E-state index contributed by atoms with van der Waals surface area (Å²) < 4.78 is 54.6. The molecule has 0 unspecified atom stereocenters. The summed E-state index contributed by atoms with van der Waals surface area (Å²) in [7, 11) is 0. The fraction of sp³-hybridized carbons (Fsp3) is 0.0625. The topological polar surface area (TPSA) is 21.5 Å². The largest absolute Gasteiger partial charge is 0.421 e. The van der Waals surface area contributed by atoms with Crippen LogP contribution in [0.5, 0.6) is 0 Å². The molecule has 1 aromatic carbocycles. The number of ketones is 1. The van der Waals surface area contributed by atoms with Gasteiger partial charge in [0.15, 0.2) is 5.82 Å².